The highest BCUT2D eigenvalue weighted by Crippen LogP contribution is 2.31. The van der Waals surface area contributed by atoms with E-state index in [2.05, 4.69) is 15.5 Å². The molecule has 1 amide bonds. The zero-order valence-electron chi connectivity index (χ0n) is 16.6. The van der Waals surface area contributed by atoms with Crippen molar-refractivity contribution in [1.82, 2.24) is 10.1 Å². The number of rotatable bonds is 9. The molecule has 2 aromatic carbocycles. The maximum absolute atomic E-state index is 12.1. The van der Waals surface area contributed by atoms with E-state index < -0.39 is 0 Å². The Bertz CT molecular complexity index is 953. The van der Waals surface area contributed by atoms with Crippen molar-refractivity contribution >= 4 is 11.6 Å². The molecule has 8 heteroatoms. The molecular formula is C21H23N3O5. The molecule has 152 valence electrons. The van der Waals surface area contributed by atoms with Crippen molar-refractivity contribution in [2.24, 2.45) is 0 Å². The zero-order valence-corrected chi connectivity index (χ0v) is 16.6. The van der Waals surface area contributed by atoms with Crippen LogP contribution in [0.4, 0.5) is 5.69 Å². The van der Waals surface area contributed by atoms with Crippen molar-refractivity contribution in [1.29, 1.82) is 0 Å². The quantitative estimate of drug-likeness (QED) is 0.588. The van der Waals surface area contributed by atoms with Crippen LogP contribution in [-0.2, 0) is 11.2 Å². The summed E-state index contributed by atoms with van der Waals surface area (Å²) in [7, 11) is 4.75. The fourth-order valence-electron chi connectivity index (χ4n) is 2.75. The summed E-state index contributed by atoms with van der Waals surface area (Å²) in [4.78, 5) is 16.5. The van der Waals surface area contributed by atoms with Gasteiger partial charge in [-0.1, -0.05) is 5.16 Å². The third-order valence-corrected chi connectivity index (χ3v) is 4.28. The highest BCUT2D eigenvalue weighted by molar-refractivity contribution is 5.90. The van der Waals surface area contributed by atoms with Gasteiger partial charge in [-0.15, -0.1) is 0 Å². The minimum absolute atomic E-state index is 0.0743. The number of aromatic nitrogens is 2. The second-order valence-electron chi connectivity index (χ2n) is 6.21. The highest BCUT2D eigenvalue weighted by Gasteiger charge is 2.12. The van der Waals surface area contributed by atoms with Gasteiger partial charge in [-0.3, -0.25) is 4.79 Å². The summed E-state index contributed by atoms with van der Waals surface area (Å²) in [5.41, 5.74) is 1.49. The Kier molecular flexibility index (Phi) is 6.67. The van der Waals surface area contributed by atoms with Crippen molar-refractivity contribution in [3.05, 3.63) is 48.4 Å². The lowest BCUT2D eigenvalue weighted by molar-refractivity contribution is -0.116. The monoisotopic (exact) mass is 397 g/mol. The predicted molar refractivity (Wildman–Crippen MR) is 107 cm³/mol. The molecule has 0 aliphatic carbocycles. The SMILES string of the molecule is COc1ccc(NC(=O)CCCc2nc(-c3ccc(OC)c(OC)c3)no2)cc1. The van der Waals surface area contributed by atoms with Crippen LogP contribution in [0.5, 0.6) is 17.2 Å². The maximum Gasteiger partial charge on any atom is 0.226 e. The number of anilines is 1. The molecule has 1 N–H and O–H groups in total. The van der Waals surface area contributed by atoms with Gasteiger partial charge >= 0.3 is 0 Å². The van der Waals surface area contributed by atoms with Gasteiger partial charge in [0.15, 0.2) is 11.5 Å². The Hall–Kier alpha value is -3.55. The number of methoxy groups -OCH3 is 3. The number of ether oxygens (including phenoxy) is 3. The Balaban J connectivity index is 1.52. The fraction of sp³-hybridized carbons (Fsp3) is 0.286. The standard InChI is InChI=1S/C21H23N3O5/c1-26-16-10-8-15(9-11-16)22-19(25)5-4-6-20-23-21(24-29-20)14-7-12-17(27-2)18(13-14)28-3/h7-13H,4-6H2,1-3H3,(H,22,25). The molecule has 0 aliphatic heterocycles. The molecule has 1 heterocycles. The van der Waals surface area contributed by atoms with Gasteiger partial charge in [-0.05, 0) is 48.9 Å². The third kappa shape index (κ3) is 5.25. The van der Waals surface area contributed by atoms with Crippen LogP contribution >= 0.6 is 0 Å². The Morgan fingerprint density at radius 2 is 1.76 bits per heavy atom. The molecule has 0 spiro atoms. The van der Waals surface area contributed by atoms with Crippen molar-refractivity contribution in [2.45, 2.75) is 19.3 Å². The fourth-order valence-corrected chi connectivity index (χ4v) is 2.75. The van der Waals surface area contributed by atoms with E-state index >= 15 is 0 Å². The normalized spacial score (nSPS) is 10.4. The minimum atomic E-state index is -0.0743. The van der Waals surface area contributed by atoms with E-state index in [9.17, 15) is 4.79 Å². The van der Waals surface area contributed by atoms with E-state index in [-0.39, 0.29) is 5.91 Å². The van der Waals surface area contributed by atoms with Crippen LogP contribution < -0.4 is 19.5 Å². The smallest absolute Gasteiger partial charge is 0.226 e. The number of amides is 1. The molecule has 0 unspecified atom stereocenters. The first-order valence-corrected chi connectivity index (χ1v) is 9.12. The van der Waals surface area contributed by atoms with Gasteiger partial charge in [0.25, 0.3) is 0 Å². The van der Waals surface area contributed by atoms with Crippen LogP contribution in [0.2, 0.25) is 0 Å². The first kappa shape index (κ1) is 20.2. The average Bonchev–Trinajstić information content (AvgIpc) is 3.22. The molecule has 0 bridgehead atoms. The summed E-state index contributed by atoms with van der Waals surface area (Å²) >= 11 is 0. The van der Waals surface area contributed by atoms with E-state index in [1.165, 1.54) is 0 Å². The number of aryl methyl sites for hydroxylation is 1. The van der Waals surface area contributed by atoms with Crippen LogP contribution in [0.25, 0.3) is 11.4 Å². The van der Waals surface area contributed by atoms with Gasteiger partial charge in [0.2, 0.25) is 17.6 Å². The molecule has 0 atom stereocenters. The van der Waals surface area contributed by atoms with E-state index in [0.29, 0.717) is 42.5 Å². The maximum atomic E-state index is 12.1. The number of benzene rings is 2. The summed E-state index contributed by atoms with van der Waals surface area (Å²) in [6, 6.07) is 12.6. The minimum Gasteiger partial charge on any atom is -0.497 e. The van der Waals surface area contributed by atoms with Crippen LogP contribution in [0.3, 0.4) is 0 Å². The molecular weight excluding hydrogens is 374 g/mol. The van der Waals surface area contributed by atoms with Gasteiger partial charge in [-0.2, -0.15) is 4.98 Å². The highest BCUT2D eigenvalue weighted by atomic mass is 16.5. The van der Waals surface area contributed by atoms with Gasteiger partial charge in [0.1, 0.15) is 5.75 Å². The number of hydrogen-bond acceptors (Lipinski definition) is 7. The predicted octanol–water partition coefficient (Wildman–Crippen LogP) is 3.72. The Labute approximate surface area is 168 Å². The summed E-state index contributed by atoms with van der Waals surface area (Å²) < 4.78 is 20.9. The van der Waals surface area contributed by atoms with Crippen molar-refractivity contribution in [2.75, 3.05) is 26.6 Å². The summed E-state index contributed by atoms with van der Waals surface area (Å²) in [5, 5.41) is 6.85. The first-order chi connectivity index (χ1) is 14.1. The first-order valence-electron chi connectivity index (χ1n) is 9.12. The molecule has 1 aromatic heterocycles. The van der Waals surface area contributed by atoms with E-state index in [4.69, 9.17) is 18.7 Å². The molecule has 0 saturated heterocycles. The van der Waals surface area contributed by atoms with Crippen molar-refractivity contribution < 1.29 is 23.5 Å². The number of nitrogens with zero attached hydrogens (tertiary/aromatic N) is 2. The van der Waals surface area contributed by atoms with Gasteiger partial charge < -0.3 is 24.1 Å². The molecule has 29 heavy (non-hydrogen) atoms. The van der Waals surface area contributed by atoms with Crippen molar-refractivity contribution in [3.8, 4) is 28.6 Å². The van der Waals surface area contributed by atoms with Gasteiger partial charge in [0.05, 0.1) is 21.3 Å². The molecule has 8 nitrogen and oxygen atoms in total. The second kappa shape index (κ2) is 9.59. The second-order valence-corrected chi connectivity index (χ2v) is 6.21. The van der Waals surface area contributed by atoms with Crippen LogP contribution in [-0.4, -0.2) is 37.4 Å². The number of carbonyl (C=O) groups is 1. The lowest BCUT2D eigenvalue weighted by Gasteiger charge is -2.07. The van der Waals surface area contributed by atoms with Crippen molar-refractivity contribution in [3.63, 3.8) is 0 Å². The van der Waals surface area contributed by atoms with Gasteiger partial charge in [0, 0.05) is 24.1 Å². The molecule has 0 fully saturated rings. The topological polar surface area (TPSA) is 95.7 Å². The number of hydrogen-bond donors (Lipinski definition) is 1. The number of nitrogens with one attached hydrogen (secondary N) is 1. The summed E-state index contributed by atoms with van der Waals surface area (Å²) in [5.74, 6) is 2.82. The lowest BCUT2D eigenvalue weighted by Crippen LogP contribution is -2.11. The summed E-state index contributed by atoms with van der Waals surface area (Å²) in [6.45, 7) is 0. The zero-order chi connectivity index (χ0) is 20.6. The molecule has 3 aromatic rings. The molecule has 0 aliphatic rings. The molecule has 0 radical (unpaired) electrons. The van der Waals surface area contributed by atoms with Crippen LogP contribution in [0.1, 0.15) is 18.7 Å². The number of carbonyl (C=O) groups excluding carboxylic acids is 1. The van der Waals surface area contributed by atoms with E-state index in [1.54, 1.807) is 57.7 Å². The lowest BCUT2D eigenvalue weighted by atomic mass is 10.2. The summed E-state index contributed by atoms with van der Waals surface area (Å²) in [6.07, 6.45) is 1.45. The van der Waals surface area contributed by atoms with Crippen LogP contribution in [0.15, 0.2) is 47.0 Å². The third-order valence-electron chi connectivity index (χ3n) is 4.28. The molecule has 0 saturated carbocycles. The van der Waals surface area contributed by atoms with Gasteiger partial charge in [-0.25, -0.2) is 0 Å². The Morgan fingerprint density at radius 1 is 1.00 bits per heavy atom. The van der Waals surface area contributed by atoms with E-state index in [0.717, 1.165) is 17.0 Å². The van der Waals surface area contributed by atoms with E-state index in [1.807, 2.05) is 6.07 Å². The molecule has 3 rings (SSSR count). The largest absolute Gasteiger partial charge is 0.497 e. The average molecular weight is 397 g/mol. The Morgan fingerprint density at radius 3 is 2.45 bits per heavy atom. The van der Waals surface area contributed by atoms with Crippen LogP contribution in [0, 0.1) is 0 Å².